The summed E-state index contributed by atoms with van der Waals surface area (Å²) in [4.78, 5) is 27.4. The van der Waals surface area contributed by atoms with Crippen LogP contribution in [-0.2, 0) is 16.0 Å². The third kappa shape index (κ3) is 4.42. The van der Waals surface area contributed by atoms with Crippen LogP contribution in [0.4, 0.5) is 0 Å². The van der Waals surface area contributed by atoms with E-state index in [1.165, 1.54) is 11.3 Å². The van der Waals surface area contributed by atoms with Gasteiger partial charge in [-0.2, -0.15) is 0 Å². The Hall–Kier alpha value is -2.15. The van der Waals surface area contributed by atoms with E-state index in [9.17, 15) is 9.59 Å². The fourth-order valence-corrected chi connectivity index (χ4v) is 2.79. The lowest BCUT2D eigenvalue weighted by molar-refractivity contribution is -0.142. The summed E-state index contributed by atoms with van der Waals surface area (Å²) in [6.45, 7) is 1.98. The number of carbonyl (C=O) groups excluding carboxylic acids is 1. The van der Waals surface area contributed by atoms with Gasteiger partial charge in [0.05, 0.1) is 18.4 Å². The topological polar surface area (TPSA) is 92.4 Å². The van der Waals surface area contributed by atoms with E-state index in [1.54, 1.807) is 24.0 Å². The Balaban J connectivity index is 1.92. The summed E-state index contributed by atoms with van der Waals surface area (Å²) in [5.41, 5.74) is 1.49. The van der Waals surface area contributed by atoms with Crippen molar-refractivity contribution < 1.29 is 19.1 Å². The second-order valence-corrected chi connectivity index (χ2v) is 5.79. The third-order valence-electron chi connectivity index (χ3n) is 3.14. The summed E-state index contributed by atoms with van der Waals surface area (Å²) >= 11 is 1.42. The molecule has 2 aromatic rings. The van der Waals surface area contributed by atoms with Gasteiger partial charge in [-0.25, -0.2) is 9.78 Å². The molecule has 2 rings (SSSR count). The number of carbonyl (C=O) groups is 2. The molecule has 0 aromatic carbocycles. The number of nitrogens with zero attached hydrogens (tertiary/aromatic N) is 1. The van der Waals surface area contributed by atoms with Gasteiger partial charge in [0.2, 0.25) is 5.91 Å². The fourth-order valence-electron chi connectivity index (χ4n) is 1.98. The molecule has 0 saturated heterocycles. The van der Waals surface area contributed by atoms with Crippen LogP contribution in [0.5, 0.6) is 0 Å². The fraction of sp³-hybridized carbons (Fsp3) is 0.400. The lowest BCUT2D eigenvalue weighted by Gasteiger charge is -2.13. The number of amides is 1. The van der Waals surface area contributed by atoms with Crippen LogP contribution in [-0.4, -0.2) is 28.0 Å². The zero-order valence-electron chi connectivity index (χ0n) is 12.2. The quantitative estimate of drug-likeness (QED) is 0.779. The van der Waals surface area contributed by atoms with Crippen LogP contribution in [0.15, 0.2) is 28.4 Å². The number of carboxylic acid groups (broad SMARTS) is 1. The normalized spacial score (nSPS) is 12.0. The second kappa shape index (κ2) is 7.74. The molecule has 2 heterocycles. The average Bonchev–Trinajstić information content (AvgIpc) is 3.13. The van der Waals surface area contributed by atoms with Crippen molar-refractivity contribution in [3.8, 4) is 10.6 Å². The maximum Gasteiger partial charge on any atom is 0.326 e. The van der Waals surface area contributed by atoms with Crippen molar-refractivity contribution in [2.45, 2.75) is 38.6 Å². The van der Waals surface area contributed by atoms with Gasteiger partial charge in [0.25, 0.3) is 0 Å². The Morgan fingerprint density at radius 1 is 1.50 bits per heavy atom. The van der Waals surface area contributed by atoms with Gasteiger partial charge < -0.3 is 14.8 Å². The minimum atomic E-state index is -1.00. The highest BCUT2D eigenvalue weighted by atomic mass is 32.1. The highest BCUT2D eigenvalue weighted by molar-refractivity contribution is 7.13. The van der Waals surface area contributed by atoms with Crippen molar-refractivity contribution in [1.82, 2.24) is 10.3 Å². The Bertz CT molecular complexity index is 621. The molecular weight excluding hydrogens is 304 g/mol. The standard InChI is InChI=1S/C15H18N2O4S/c1-2-3-4-12(15(19)20)17-13(18)7-11-9-22-14(16-11)10-5-6-21-8-10/h5-6,8-9,12H,2-4,7H2,1H3,(H,17,18)(H,19,20)/t12-/m0/s1. The third-order valence-corrected chi connectivity index (χ3v) is 4.08. The first-order valence-corrected chi connectivity index (χ1v) is 7.97. The van der Waals surface area contributed by atoms with Gasteiger partial charge in [-0.15, -0.1) is 11.3 Å². The lowest BCUT2D eigenvalue weighted by Crippen LogP contribution is -2.41. The molecule has 0 fully saturated rings. The molecule has 1 amide bonds. The summed E-state index contributed by atoms with van der Waals surface area (Å²) in [6.07, 6.45) is 5.32. The molecule has 2 aromatic heterocycles. The number of carboxylic acids is 1. The Labute approximate surface area is 132 Å². The van der Waals surface area contributed by atoms with E-state index in [1.807, 2.05) is 6.92 Å². The molecule has 1 atom stereocenters. The number of nitrogens with one attached hydrogen (secondary N) is 1. The molecule has 0 aliphatic heterocycles. The number of thiazole rings is 1. The Morgan fingerprint density at radius 3 is 2.95 bits per heavy atom. The maximum atomic E-state index is 12.0. The maximum absolute atomic E-state index is 12.0. The number of hydrogen-bond donors (Lipinski definition) is 2. The highest BCUT2D eigenvalue weighted by Crippen LogP contribution is 2.24. The summed E-state index contributed by atoms with van der Waals surface area (Å²) in [5, 5.41) is 14.2. The van der Waals surface area contributed by atoms with Crippen molar-refractivity contribution in [1.29, 1.82) is 0 Å². The van der Waals surface area contributed by atoms with Crippen LogP contribution < -0.4 is 5.32 Å². The number of rotatable bonds is 8. The molecule has 0 saturated carbocycles. The molecular formula is C15H18N2O4S. The molecule has 0 spiro atoms. The van der Waals surface area contributed by atoms with Crippen LogP contribution in [0.25, 0.3) is 10.6 Å². The number of unbranched alkanes of at least 4 members (excludes halogenated alkanes) is 1. The van der Waals surface area contributed by atoms with Crippen molar-refractivity contribution in [2.75, 3.05) is 0 Å². The molecule has 22 heavy (non-hydrogen) atoms. The zero-order valence-corrected chi connectivity index (χ0v) is 13.1. The molecule has 2 N–H and O–H groups in total. The smallest absolute Gasteiger partial charge is 0.326 e. The van der Waals surface area contributed by atoms with E-state index in [2.05, 4.69) is 10.3 Å². The monoisotopic (exact) mass is 322 g/mol. The number of aromatic nitrogens is 1. The van der Waals surface area contributed by atoms with Gasteiger partial charge in [-0.3, -0.25) is 4.79 Å². The summed E-state index contributed by atoms with van der Waals surface area (Å²) in [5.74, 6) is -1.33. The van der Waals surface area contributed by atoms with Gasteiger partial charge in [0.1, 0.15) is 17.3 Å². The van der Waals surface area contributed by atoms with Crippen molar-refractivity contribution in [2.24, 2.45) is 0 Å². The number of aliphatic carboxylic acids is 1. The van der Waals surface area contributed by atoms with Crippen molar-refractivity contribution >= 4 is 23.2 Å². The van der Waals surface area contributed by atoms with Crippen LogP contribution in [0.3, 0.4) is 0 Å². The number of furan rings is 1. The van der Waals surface area contributed by atoms with Crippen molar-refractivity contribution in [3.05, 3.63) is 29.7 Å². The van der Waals surface area contributed by atoms with E-state index in [0.717, 1.165) is 23.4 Å². The van der Waals surface area contributed by atoms with Crippen LogP contribution in [0.1, 0.15) is 31.9 Å². The lowest BCUT2D eigenvalue weighted by atomic mass is 10.1. The number of hydrogen-bond acceptors (Lipinski definition) is 5. The average molecular weight is 322 g/mol. The van der Waals surface area contributed by atoms with Crippen molar-refractivity contribution in [3.63, 3.8) is 0 Å². The summed E-state index contributed by atoms with van der Waals surface area (Å²) in [6, 6.07) is 0.966. The molecule has 6 nitrogen and oxygen atoms in total. The second-order valence-electron chi connectivity index (χ2n) is 4.93. The Morgan fingerprint density at radius 2 is 2.32 bits per heavy atom. The van der Waals surface area contributed by atoms with Crippen LogP contribution >= 0.6 is 11.3 Å². The van der Waals surface area contributed by atoms with Gasteiger partial charge in [0, 0.05) is 10.9 Å². The van der Waals surface area contributed by atoms with Crippen LogP contribution in [0, 0.1) is 0 Å². The van der Waals surface area contributed by atoms with E-state index < -0.39 is 12.0 Å². The molecule has 0 bridgehead atoms. The SMILES string of the molecule is CCCC[C@H](NC(=O)Cc1csc(-c2ccoc2)n1)C(=O)O. The minimum absolute atomic E-state index is 0.0737. The largest absolute Gasteiger partial charge is 0.480 e. The molecule has 0 radical (unpaired) electrons. The first-order valence-electron chi connectivity index (χ1n) is 7.09. The molecule has 7 heteroatoms. The highest BCUT2D eigenvalue weighted by Gasteiger charge is 2.20. The van der Waals surface area contributed by atoms with Crippen LogP contribution in [0.2, 0.25) is 0 Å². The predicted molar refractivity (Wildman–Crippen MR) is 82.6 cm³/mol. The van der Waals surface area contributed by atoms with E-state index >= 15 is 0 Å². The molecule has 0 aliphatic carbocycles. The molecule has 0 aliphatic rings. The van der Waals surface area contributed by atoms with Gasteiger partial charge in [-0.05, 0) is 12.5 Å². The van der Waals surface area contributed by atoms with E-state index in [0.29, 0.717) is 12.1 Å². The molecule has 118 valence electrons. The van der Waals surface area contributed by atoms with Gasteiger partial charge in [0.15, 0.2) is 0 Å². The zero-order chi connectivity index (χ0) is 15.9. The van der Waals surface area contributed by atoms with E-state index in [-0.39, 0.29) is 12.3 Å². The van der Waals surface area contributed by atoms with E-state index in [4.69, 9.17) is 9.52 Å². The Kier molecular flexibility index (Phi) is 5.71. The summed E-state index contributed by atoms with van der Waals surface area (Å²) in [7, 11) is 0. The van der Waals surface area contributed by atoms with Gasteiger partial charge >= 0.3 is 5.97 Å². The first-order chi connectivity index (χ1) is 10.6. The molecule has 0 unspecified atom stereocenters. The van der Waals surface area contributed by atoms with Gasteiger partial charge in [-0.1, -0.05) is 19.8 Å². The predicted octanol–water partition coefficient (Wildman–Crippen LogP) is 2.71. The first kappa shape index (κ1) is 16.2. The minimum Gasteiger partial charge on any atom is -0.480 e. The summed E-state index contributed by atoms with van der Waals surface area (Å²) < 4.78 is 5.00.